The number of hydrogen-bond acceptors (Lipinski definition) is 5. The first-order chi connectivity index (χ1) is 11.7. The molecule has 1 aromatic carbocycles. The third-order valence-corrected chi connectivity index (χ3v) is 3.53. The lowest BCUT2D eigenvalue weighted by atomic mass is 10.2. The number of aromatic nitrogens is 4. The molecule has 24 heavy (non-hydrogen) atoms. The summed E-state index contributed by atoms with van der Waals surface area (Å²) >= 11 is 6.14. The van der Waals surface area contributed by atoms with Gasteiger partial charge in [0.1, 0.15) is 11.7 Å². The van der Waals surface area contributed by atoms with E-state index < -0.39 is 6.67 Å². The second-order valence-corrected chi connectivity index (χ2v) is 5.44. The van der Waals surface area contributed by atoms with Gasteiger partial charge in [-0.3, -0.25) is 4.68 Å². The predicted molar refractivity (Wildman–Crippen MR) is 92.3 cm³/mol. The maximum atomic E-state index is 12.3. The second-order valence-electron chi connectivity index (χ2n) is 5.04. The van der Waals surface area contributed by atoms with Crippen molar-refractivity contribution >= 4 is 29.1 Å². The second kappa shape index (κ2) is 7.74. The average molecular weight is 347 g/mol. The number of benzene rings is 1. The van der Waals surface area contributed by atoms with E-state index in [1.807, 2.05) is 30.3 Å². The van der Waals surface area contributed by atoms with Gasteiger partial charge >= 0.3 is 0 Å². The molecule has 2 N–H and O–H groups in total. The van der Waals surface area contributed by atoms with Gasteiger partial charge in [-0.05, 0) is 5.56 Å². The zero-order valence-electron chi connectivity index (χ0n) is 12.8. The summed E-state index contributed by atoms with van der Waals surface area (Å²) in [6, 6.07) is 9.94. The highest BCUT2D eigenvalue weighted by atomic mass is 35.5. The van der Waals surface area contributed by atoms with Gasteiger partial charge in [0.25, 0.3) is 0 Å². The van der Waals surface area contributed by atoms with Crippen LogP contribution < -0.4 is 10.6 Å². The molecule has 3 rings (SSSR count). The van der Waals surface area contributed by atoms with Crippen LogP contribution in [0, 0.1) is 0 Å². The molecule has 0 aliphatic heterocycles. The highest BCUT2D eigenvalue weighted by Crippen LogP contribution is 2.21. The van der Waals surface area contributed by atoms with Crippen LogP contribution in [0.4, 0.5) is 21.8 Å². The predicted octanol–water partition coefficient (Wildman–Crippen LogP) is 3.65. The van der Waals surface area contributed by atoms with E-state index in [1.165, 1.54) is 10.9 Å². The zero-order chi connectivity index (χ0) is 16.8. The summed E-state index contributed by atoms with van der Waals surface area (Å²) in [6.07, 6.45) is 4.80. The van der Waals surface area contributed by atoms with Gasteiger partial charge in [-0.2, -0.15) is 10.1 Å². The number of halogens is 2. The Hall–Kier alpha value is -2.67. The van der Waals surface area contributed by atoms with Crippen molar-refractivity contribution in [2.24, 2.45) is 0 Å². The maximum Gasteiger partial charge on any atom is 0.229 e. The van der Waals surface area contributed by atoms with Crippen LogP contribution in [-0.2, 0) is 13.1 Å². The van der Waals surface area contributed by atoms with E-state index >= 15 is 0 Å². The van der Waals surface area contributed by atoms with Gasteiger partial charge in [-0.1, -0.05) is 41.9 Å². The summed E-state index contributed by atoms with van der Waals surface area (Å²) in [6.45, 7) is 0.352. The highest BCUT2D eigenvalue weighted by molar-refractivity contribution is 6.32. The monoisotopic (exact) mass is 346 g/mol. The van der Waals surface area contributed by atoms with Crippen molar-refractivity contribution in [3.05, 3.63) is 59.5 Å². The largest absolute Gasteiger partial charge is 0.365 e. The van der Waals surface area contributed by atoms with Gasteiger partial charge in [0, 0.05) is 12.7 Å². The number of nitrogens with zero attached hydrogens (tertiary/aromatic N) is 4. The molecule has 0 aliphatic carbocycles. The fraction of sp³-hybridized carbons (Fsp3) is 0.188. The van der Waals surface area contributed by atoms with E-state index in [4.69, 9.17) is 11.6 Å². The smallest absolute Gasteiger partial charge is 0.229 e. The number of nitrogens with one attached hydrogen (secondary N) is 2. The van der Waals surface area contributed by atoms with Crippen molar-refractivity contribution in [1.29, 1.82) is 0 Å². The number of rotatable bonds is 7. The van der Waals surface area contributed by atoms with Crippen molar-refractivity contribution in [3.63, 3.8) is 0 Å². The summed E-state index contributed by atoms with van der Waals surface area (Å²) in [4.78, 5) is 8.50. The number of hydrogen-bond donors (Lipinski definition) is 2. The normalized spacial score (nSPS) is 10.6. The van der Waals surface area contributed by atoms with Crippen LogP contribution in [0.5, 0.6) is 0 Å². The van der Waals surface area contributed by atoms with Crippen LogP contribution in [0.15, 0.2) is 48.9 Å². The summed E-state index contributed by atoms with van der Waals surface area (Å²) in [5.41, 5.74) is 1.80. The Kier molecular flexibility index (Phi) is 5.22. The van der Waals surface area contributed by atoms with Crippen LogP contribution in [0.25, 0.3) is 0 Å². The molecule has 0 amide bonds. The first-order valence-corrected chi connectivity index (χ1v) is 7.78. The van der Waals surface area contributed by atoms with Crippen LogP contribution >= 0.6 is 11.6 Å². The molecule has 0 spiro atoms. The van der Waals surface area contributed by atoms with Gasteiger partial charge in [-0.15, -0.1) is 0 Å². The Bertz CT molecular complexity index is 792. The molecule has 0 unspecified atom stereocenters. The molecule has 6 nitrogen and oxygen atoms in total. The zero-order valence-corrected chi connectivity index (χ0v) is 13.5. The molecule has 124 valence electrons. The van der Waals surface area contributed by atoms with Crippen LogP contribution in [-0.4, -0.2) is 26.4 Å². The van der Waals surface area contributed by atoms with E-state index in [0.717, 1.165) is 5.56 Å². The maximum absolute atomic E-state index is 12.3. The molecular formula is C16H16ClFN6. The molecule has 0 atom stereocenters. The molecule has 0 fully saturated rings. The third kappa shape index (κ3) is 4.20. The van der Waals surface area contributed by atoms with Crippen LogP contribution in [0.1, 0.15) is 5.56 Å². The molecule has 2 aromatic heterocycles. The summed E-state index contributed by atoms with van der Waals surface area (Å²) in [5.74, 6) is 0.920. The van der Waals surface area contributed by atoms with E-state index in [1.54, 1.807) is 12.4 Å². The molecule has 3 aromatic rings. The minimum atomic E-state index is -0.466. The molecule has 0 saturated carbocycles. The lowest BCUT2D eigenvalue weighted by Gasteiger charge is -2.09. The van der Waals surface area contributed by atoms with Crippen LogP contribution in [0.2, 0.25) is 5.02 Å². The van der Waals surface area contributed by atoms with E-state index in [9.17, 15) is 4.39 Å². The van der Waals surface area contributed by atoms with Crippen molar-refractivity contribution in [1.82, 2.24) is 19.7 Å². The van der Waals surface area contributed by atoms with Gasteiger partial charge in [0.15, 0.2) is 5.82 Å². The number of anilines is 3. The van der Waals surface area contributed by atoms with Crippen molar-refractivity contribution in [2.75, 3.05) is 17.3 Å². The van der Waals surface area contributed by atoms with E-state index in [-0.39, 0.29) is 6.54 Å². The Morgan fingerprint density at radius 3 is 2.79 bits per heavy atom. The van der Waals surface area contributed by atoms with Crippen molar-refractivity contribution in [3.8, 4) is 0 Å². The Morgan fingerprint density at radius 2 is 2.00 bits per heavy atom. The van der Waals surface area contributed by atoms with Gasteiger partial charge in [0.05, 0.1) is 24.6 Å². The van der Waals surface area contributed by atoms with E-state index in [2.05, 4.69) is 25.7 Å². The molecule has 8 heteroatoms. The fourth-order valence-electron chi connectivity index (χ4n) is 2.10. The Morgan fingerprint density at radius 1 is 1.17 bits per heavy atom. The van der Waals surface area contributed by atoms with E-state index in [0.29, 0.717) is 29.0 Å². The standard InChI is InChI=1S/C16H16ClFN6/c17-14-10-20-16(22-13-9-21-24(11-13)7-6-18)23-15(14)19-8-12-4-2-1-3-5-12/h1-5,9-11H,6-8H2,(H2,19,20,22,23). The Labute approximate surface area is 143 Å². The quantitative estimate of drug-likeness (QED) is 0.683. The minimum absolute atomic E-state index is 0.215. The van der Waals surface area contributed by atoms with Gasteiger partial charge < -0.3 is 10.6 Å². The molecular weight excluding hydrogens is 331 g/mol. The highest BCUT2D eigenvalue weighted by Gasteiger charge is 2.07. The fourth-order valence-corrected chi connectivity index (χ4v) is 2.26. The SMILES string of the molecule is FCCn1cc(Nc2ncc(Cl)c(NCc3ccccc3)n2)cn1. The topological polar surface area (TPSA) is 67.7 Å². The van der Waals surface area contributed by atoms with Crippen molar-refractivity contribution < 1.29 is 4.39 Å². The lowest BCUT2D eigenvalue weighted by Crippen LogP contribution is -2.05. The molecule has 0 bridgehead atoms. The third-order valence-electron chi connectivity index (χ3n) is 3.25. The van der Waals surface area contributed by atoms with Crippen LogP contribution in [0.3, 0.4) is 0 Å². The van der Waals surface area contributed by atoms with Gasteiger partial charge in [0.2, 0.25) is 5.95 Å². The average Bonchev–Trinajstić information content (AvgIpc) is 3.04. The molecule has 2 heterocycles. The Balaban J connectivity index is 1.68. The van der Waals surface area contributed by atoms with Gasteiger partial charge in [-0.25, -0.2) is 9.37 Å². The molecule has 0 saturated heterocycles. The van der Waals surface area contributed by atoms with Crippen molar-refractivity contribution in [2.45, 2.75) is 13.1 Å². The first-order valence-electron chi connectivity index (χ1n) is 7.40. The first kappa shape index (κ1) is 16.2. The number of alkyl halides is 1. The molecule has 0 radical (unpaired) electrons. The minimum Gasteiger partial charge on any atom is -0.365 e. The summed E-state index contributed by atoms with van der Waals surface area (Å²) < 4.78 is 13.8. The summed E-state index contributed by atoms with van der Waals surface area (Å²) in [5, 5.41) is 10.7. The number of aryl methyl sites for hydroxylation is 1. The summed E-state index contributed by atoms with van der Waals surface area (Å²) in [7, 11) is 0. The lowest BCUT2D eigenvalue weighted by molar-refractivity contribution is 0.427. The molecule has 0 aliphatic rings.